The van der Waals surface area contributed by atoms with Gasteiger partial charge in [-0.05, 0) is 274 Å². The monoisotopic (exact) mass is 1960 g/mol. The van der Waals surface area contributed by atoms with Crippen molar-refractivity contribution in [3.63, 3.8) is 0 Å². The third-order valence-corrected chi connectivity index (χ3v) is 28.6. The molecule has 1 saturated carbocycles. The number of aryl methyl sites for hydroxylation is 1. The second-order valence-corrected chi connectivity index (χ2v) is 50.8. The quantitative estimate of drug-likeness (QED) is 0.114. The molecule has 0 spiro atoms. The Bertz CT molecular complexity index is 6380. The van der Waals surface area contributed by atoms with Crippen LogP contribution in [0, 0.1) is 6.92 Å². The van der Waals surface area contributed by atoms with Gasteiger partial charge >= 0.3 is 29.7 Å². The zero-order valence-corrected chi connectivity index (χ0v) is 91.5. The van der Waals surface area contributed by atoms with Crippen LogP contribution in [-0.4, -0.2) is 23.6 Å². The van der Waals surface area contributed by atoms with Crippen molar-refractivity contribution in [1.29, 1.82) is 0 Å². The Balaban J connectivity index is 0.000000161. The number of hydrogen-bond donors (Lipinski definition) is 0. The molecule has 13 heteroatoms. The molecule has 3 atom stereocenters. The molecule has 3 aliphatic carbocycles. The molecule has 0 N–H and O–H groups in total. The maximum atomic E-state index is 15.3. The van der Waals surface area contributed by atoms with Crippen molar-refractivity contribution in [2.24, 2.45) is 0 Å². The maximum absolute atomic E-state index is 15.3. The Morgan fingerprint density at radius 1 is 0.229 bits per heavy atom. The lowest BCUT2D eigenvalue weighted by Gasteiger charge is -2.55. The fraction of sp³-hybridized carbons (Fsp3) is 0.405. The van der Waals surface area contributed by atoms with Crippen LogP contribution in [0.4, 0.5) is 39.5 Å². The van der Waals surface area contributed by atoms with E-state index < -0.39 is 46.8 Å². The molecule has 0 radical (unpaired) electrons. The van der Waals surface area contributed by atoms with Crippen molar-refractivity contribution < 1.29 is 58.5 Å². The lowest BCUT2D eigenvalue weighted by molar-refractivity contribution is -0.527. The van der Waals surface area contributed by atoms with Gasteiger partial charge in [0.15, 0.2) is 0 Å². The van der Waals surface area contributed by atoms with E-state index in [2.05, 4.69) is 339 Å². The summed E-state index contributed by atoms with van der Waals surface area (Å²) in [5.41, 5.74) is 25.0. The van der Waals surface area contributed by atoms with Crippen molar-refractivity contribution in [3.8, 4) is 56.8 Å². The molecule has 13 aromatic carbocycles. The molecule has 0 aliphatic heterocycles. The lowest BCUT2D eigenvalue weighted by atomic mass is 9.67. The van der Waals surface area contributed by atoms with E-state index in [1.54, 1.807) is 6.07 Å². The van der Waals surface area contributed by atoms with E-state index in [1.807, 2.05) is 142 Å². The fourth-order valence-corrected chi connectivity index (χ4v) is 19.4. The number of hydrogen-bond acceptors (Lipinski definition) is 4. The average Bonchev–Trinajstić information content (AvgIpc) is 0.916. The van der Waals surface area contributed by atoms with Crippen LogP contribution in [0.5, 0.6) is 34.5 Å². The average molecular weight is 1960 g/mol. The van der Waals surface area contributed by atoms with E-state index in [0.29, 0.717) is 11.1 Å². The molecule has 764 valence electrons. The van der Waals surface area contributed by atoms with Gasteiger partial charge in [0.25, 0.3) is 0 Å². The van der Waals surface area contributed by atoms with Gasteiger partial charge in [0, 0.05) is 5.41 Å². The Morgan fingerprint density at radius 3 is 0.833 bits per heavy atom. The topological polar surface area (TPSA) is 36.9 Å². The normalized spacial score (nSPS) is 18.0. The predicted molar refractivity (Wildman–Crippen MR) is 581 cm³/mol. The highest BCUT2D eigenvalue weighted by atomic mass is 19.4. The van der Waals surface area contributed by atoms with E-state index in [4.69, 9.17) is 9.47 Å². The van der Waals surface area contributed by atoms with E-state index in [1.165, 1.54) is 114 Å². The lowest BCUT2D eigenvalue weighted by Crippen LogP contribution is -2.89. The number of alkyl halides is 9. The molecule has 0 amide bonds. The number of ether oxygens (including phenoxy) is 4. The molecular formula is C131H153F9O4. The minimum Gasteiger partial charge on any atom is -0.457 e. The minimum absolute atomic E-state index is 0.0355. The van der Waals surface area contributed by atoms with Gasteiger partial charge in [-0.1, -0.05) is 447 Å². The van der Waals surface area contributed by atoms with Crippen LogP contribution in [0.25, 0.3) is 22.3 Å². The molecule has 0 bridgehead atoms. The van der Waals surface area contributed by atoms with Crippen LogP contribution in [0.1, 0.15) is 341 Å². The molecule has 144 heavy (non-hydrogen) atoms. The molecule has 4 nitrogen and oxygen atoms in total. The van der Waals surface area contributed by atoms with Crippen molar-refractivity contribution >= 4 is 0 Å². The third-order valence-electron chi connectivity index (χ3n) is 28.6. The molecular weight excluding hydrogens is 1810 g/mol. The van der Waals surface area contributed by atoms with Crippen molar-refractivity contribution in [3.05, 3.63) is 403 Å². The van der Waals surface area contributed by atoms with Crippen molar-refractivity contribution in [2.75, 3.05) is 0 Å². The smallest absolute Gasteiger partial charge is 0.417 e. The first-order valence-electron chi connectivity index (χ1n) is 50.5. The number of rotatable bonds is 12. The summed E-state index contributed by atoms with van der Waals surface area (Å²) in [7, 11) is 0. The molecule has 3 unspecified atom stereocenters. The SMILES string of the molecule is CC(C)(C)c1ccc(C2(C)CC(C)(C)c3cc(C(C)(C)C)ccc32)cc1.CC(C)(C)c1ccc(C2(c3ccc(C(C)(C)C)cc3)c3ccccc3-c3ccccc32)cc1.CC(C)(C)c1ccc(OC2(F)C(F)(F)C(F)(F)C2(F)Oc2ccc(C(C)(C)C)cc2)cc1.CC(C)(C)c1cccc(Oc2ccc(Oc3cccc(C(C)(C)C)c3)cc2)c1.Cc1cc(C(C)(C)C)ccc1-c1ccc(C(C)(C)C)cc1C(F)(F)F. The maximum Gasteiger partial charge on any atom is 0.417 e. The van der Waals surface area contributed by atoms with E-state index in [-0.39, 0.29) is 76.0 Å². The van der Waals surface area contributed by atoms with E-state index in [9.17, 15) is 30.7 Å². The first kappa shape index (κ1) is 111. The first-order chi connectivity index (χ1) is 66.1. The predicted octanol–water partition coefficient (Wildman–Crippen LogP) is 38.4. The van der Waals surface area contributed by atoms with Crippen LogP contribution in [0.3, 0.4) is 0 Å². The molecule has 16 rings (SSSR count). The summed E-state index contributed by atoms with van der Waals surface area (Å²) in [5.74, 6) is -18.2. The molecule has 13 aromatic rings. The van der Waals surface area contributed by atoms with Gasteiger partial charge in [-0.25, -0.2) is 0 Å². The van der Waals surface area contributed by atoms with E-state index >= 15 is 8.78 Å². The van der Waals surface area contributed by atoms with Gasteiger partial charge in [-0.3, -0.25) is 0 Å². The third kappa shape index (κ3) is 23.4. The minimum atomic E-state index is -5.47. The molecule has 0 saturated heterocycles. The zero-order valence-electron chi connectivity index (χ0n) is 91.5. The highest BCUT2D eigenvalue weighted by Crippen LogP contribution is 2.69. The van der Waals surface area contributed by atoms with Gasteiger partial charge in [0.05, 0.1) is 11.0 Å². The largest absolute Gasteiger partial charge is 0.457 e. The van der Waals surface area contributed by atoms with Gasteiger partial charge in [-0.15, -0.1) is 0 Å². The Hall–Kier alpha value is -11.6. The first-order valence-corrected chi connectivity index (χ1v) is 50.5. The number of halogens is 9. The van der Waals surface area contributed by atoms with Crippen LogP contribution in [0.2, 0.25) is 0 Å². The van der Waals surface area contributed by atoms with Crippen LogP contribution in [-0.2, 0) is 76.6 Å². The van der Waals surface area contributed by atoms with Gasteiger partial charge in [0.1, 0.15) is 34.5 Å². The van der Waals surface area contributed by atoms with Crippen molar-refractivity contribution in [1.82, 2.24) is 0 Å². The van der Waals surface area contributed by atoms with Crippen molar-refractivity contribution in [2.45, 2.75) is 342 Å². The van der Waals surface area contributed by atoms with Crippen LogP contribution in [0.15, 0.2) is 297 Å². The standard InChI is InChI=1S/C33H34.C26H30O2.C26H36.C24H26F6O2.C22H27F3/c1-31(2,3)23-15-19-25(20-16-23)33(26-21-17-24(18-22-26)32(4,5)6)29-13-9-7-11-27(29)28-12-8-10-14-30(28)33;1-25(2,3)19-9-7-11-23(17-19)27-21-13-15-22(16-14-21)28-24-12-8-10-20(18-24)26(4,5)6;1-23(2,3)18-10-12-19(13-11-18)26(9)17-25(7,8)22-16-20(24(4,5)6)14-15-21(22)26;1-19(2,3)15-7-11-17(12-8-15)31-23(29)21(25,26)22(27,28)24(23,30)32-18-13-9-16(10-14-18)20(4,5)6;1-14-12-15(20(2,3)4)8-10-17(14)18-11-9-16(21(5,6)7)13-19(18)22(23,24)25/h7-22H,1-6H3;7-18H,1-6H3;10-16H,17H2,1-9H3;7-14H,1-6H3;8-13H,1-7H3. The summed E-state index contributed by atoms with van der Waals surface area (Å²) in [6.07, 6.45) is -3.22. The molecule has 1 fully saturated rings. The molecule has 3 aliphatic rings. The number of benzene rings is 13. The van der Waals surface area contributed by atoms with Crippen LogP contribution >= 0.6 is 0 Å². The van der Waals surface area contributed by atoms with Gasteiger partial charge < -0.3 is 18.9 Å². The summed E-state index contributed by atoms with van der Waals surface area (Å²) in [4.78, 5) is 0. The molecule has 0 aromatic heterocycles. The Labute approximate surface area is 854 Å². The summed E-state index contributed by atoms with van der Waals surface area (Å²) in [6.45, 7) is 73.1. The second kappa shape index (κ2) is 39.7. The summed E-state index contributed by atoms with van der Waals surface area (Å²) in [5, 5.41) is 0. The fourth-order valence-electron chi connectivity index (χ4n) is 19.4. The second-order valence-electron chi connectivity index (χ2n) is 50.8. The zero-order chi connectivity index (χ0) is 107. The van der Waals surface area contributed by atoms with Gasteiger partial charge in [-0.2, -0.15) is 39.5 Å². The highest BCUT2D eigenvalue weighted by molar-refractivity contribution is 5.86. The molecule has 0 heterocycles. The van der Waals surface area contributed by atoms with Crippen LogP contribution < -0.4 is 18.9 Å². The van der Waals surface area contributed by atoms with E-state index in [0.717, 1.165) is 75.9 Å². The highest BCUT2D eigenvalue weighted by Gasteiger charge is 3.03. The Kier molecular flexibility index (Phi) is 30.6. The Morgan fingerprint density at radius 2 is 0.507 bits per heavy atom. The number of fused-ring (bicyclic) bond motifs is 4. The summed E-state index contributed by atoms with van der Waals surface area (Å²) in [6, 6.07) is 98.3. The summed E-state index contributed by atoms with van der Waals surface area (Å²) >= 11 is 0. The summed E-state index contributed by atoms with van der Waals surface area (Å²) < 4.78 is 149. The van der Waals surface area contributed by atoms with Gasteiger partial charge in [0.2, 0.25) is 0 Å².